The number of nitrogens with zero attached hydrogens (tertiary/aromatic N) is 6. The minimum absolute atomic E-state index is 0.120. The summed E-state index contributed by atoms with van der Waals surface area (Å²) >= 11 is 1.26. The van der Waals surface area contributed by atoms with E-state index in [1.807, 2.05) is 25.5 Å². The van der Waals surface area contributed by atoms with Gasteiger partial charge in [-0.3, -0.25) is 0 Å². The van der Waals surface area contributed by atoms with Gasteiger partial charge in [-0.2, -0.15) is 15.0 Å². The van der Waals surface area contributed by atoms with Crippen molar-refractivity contribution in [3.05, 3.63) is 5.82 Å². The predicted octanol–water partition coefficient (Wildman–Crippen LogP) is 0.441. The van der Waals surface area contributed by atoms with Crippen LogP contribution < -0.4 is 10.5 Å². The first-order chi connectivity index (χ1) is 8.60. The number of hydrogen-bond donors (Lipinski definition) is 1. The van der Waals surface area contributed by atoms with Crippen LogP contribution in [0.3, 0.4) is 0 Å². The molecule has 0 unspecified atom stereocenters. The van der Waals surface area contributed by atoms with Crippen molar-refractivity contribution in [1.82, 2.24) is 29.7 Å². The van der Waals surface area contributed by atoms with Crippen molar-refractivity contribution in [3.63, 3.8) is 0 Å². The maximum absolute atomic E-state index is 5.59. The number of aryl methyl sites for hydroxylation is 1. The van der Waals surface area contributed by atoms with Gasteiger partial charge >= 0.3 is 6.01 Å². The summed E-state index contributed by atoms with van der Waals surface area (Å²) in [5.41, 5.74) is 5.59. The Balaban J connectivity index is 2.26. The SMILES string of the molecule is CCOc1nc(N)nc(Sc2nnc(C)n2C)n1. The molecule has 0 bridgehead atoms. The van der Waals surface area contributed by atoms with Crippen molar-refractivity contribution < 1.29 is 4.74 Å². The molecule has 0 spiro atoms. The molecule has 0 aliphatic heterocycles. The molecule has 0 radical (unpaired) electrons. The normalized spacial score (nSPS) is 10.6. The lowest BCUT2D eigenvalue weighted by atomic mass is 10.7. The van der Waals surface area contributed by atoms with Crippen LogP contribution in [0.5, 0.6) is 6.01 Å². The highest BCUT2D eigenvalue weighted by atomic mass is 32.2. The molecule has 18 heavy (non-hydrogen) atoms. The van der Waals surface area contributed by atoms with Gasteiger partial charge in [-0.1, -0.05) is 0 Å². The Hall–Kier alpha value is -1.90. The maximum Gasteiger partial charge on any atom is 0.322 e. The molecule has 2 N–H and O–H groups in total. The second-order valence-corrected chi connectivity index (χ2v) is 4.32. The average molecular weight is 267 g/mol. The van der Waals surface area contributed by atoms with Gasteiger partial charge < -0.3 is 15.0 Å². The van der Waals surface area contributed by atoms with Gasteiger partial charge in [0, 0.05) is 7.05 Å². The highest BCUT2D eigenvalue weighted by Crippen LogP contribution is 2.24. The lowest BCUT2D eigenvalue weighted by molar-refractivity contribution is 0.308. The molecule has 2 heterocycles. The molecule has 0 aromatic carbocycles. The molecule has 0 aliphatic carbocycles. The van der Waals surface area contributed by atoms with E-state index in [0.29, 0.717) is 16.9 Å². The van der Waals surface area contributed by atoms with E-state index in [0.717, 1.165) is 5.82 Å². The number of anilines is 1. The molecular weight excluding hydrogens is 254 g/mol. The van der Waals surface area contributed by atoms with Crippen molar-refractivity contribution in [2.45, 2.75) is 24.2 Å². The van der Waals surface area contributed by atoms with Crippen molar-refractivity contribution in [2.75, 3.05) is 12.3 Å². The molecule has 2 aromatic heterocycles. The van der Waals surface area contributed by atoms with E-state index in [1.165, 1.54) is 11.8 Å². The van der Waals surface area contributed by atoms with Crippen LogP contribution in [0, 0.1) is 6.92 Å². The zero-order valence-electron chi connectivity index (χ0n) is 10.3. The topological polar surface area (TPSA) is 105 Å². The van der Waals surface area contributed by atoms with E-state index in [2.05, 4.69) is 25.1 Å². The van der Waals surface area contributed by atoms with E-state index in [4.69, 9.17) is 10.5 Å². The Bertz CT molecular complexity index is 556. The van der Waals surface area contributed by atoms with Gasteiger partial charge in [-0.05, 0) is 25.6 Å². The van der Waals surface area contributed by atoms with Crippen LogP contribution in [0.15, 0.2) is 10.3 Å². The fourth-order valence-corrected chi connectivity index (χ4v) is 1.93. The standard InChI is InChI=1S/C9H13N7OS/c1-4-17-7-11-6(10)12-8(13-7)18-9-15-14-5(2)16(9)3/h4H2,1-3H3,(H2,10,11,12,13). The summed E-state index contributed by atoms with van der Waals surface area (Å²) in [4.78, 5) is 12.0. The first kappa shape index (κ1) is 12.6. The summed E-state index contributed by atoms with van der Waals surface area (Å²) in [6.07, 6.45) is 0. The van der Waals surface area contributed by atoms with E-state index in [9.17, 15) is 0 Å². The number of ether oxygens (including phenoxy) is 1. The Morgan fingerprint density at radius 3 is 2.67 bits per heavy atom. The third-order valence-electron chi connectivity index (χ3n) is 2.12. The molecule has 2 rings (SSSR count). The Labute approximate surface area is 108 Å². The van der Waals surface area contributed by atoms with Crippen LogP contribution in [-0.2, 0) is 7.05 Å². The van der Waals surface area contributed by atoms with Gasteiger partial charge in [0.25, 0.3) is 0 Å². The second kappa shape index (κ2) is 5.17. The lowest BCUT2D eigenvalue weighted by Crippen LogP contribution is -2.04. The van der Waals surface area contributed by atoms with Gasteiger partial charge in [0.15, 0.2) is 5.16 Å². The summed E-state index contributed by atoms with van der Waals surface area (Å²) in [7, 11) is 1.87. The number of nitrogen functional groups attached to an aromatic ring is 1. The van der Waals surface area contributed by atoms with Gasteiger partial charge in [0.2, 0.25) is 11.1 Å². The highest BCUT2D eigenvalue weighted by molar-refractivity contribution is 7.99. The van der Waals surface area contributed by atoms with E-state index < -0.39 is 0 Å². The third kappa shape index (κ3) is 2.67. The molecule has 9 heteroatoms. The number of aromatic nitrogens is 6. The molecule has 2 aromatic rings. The van der Waals surface area contributed by atoms with Crippen molar-refractivity contribution in [3.8, 4) is 6.01 Å². The van der Waals surface area contributed by atoms with Gasteiger partial charge in [0.05, 0.1) is 6.61 Å². The molecule has 0 saturated carbocycles. The largest absolute Gasteiger partial charge is 0.464 e. The van der Waals surface area contributed by atoms with E-state index in [-0.39, 0.29) is 12.0 Å². The Morgan fingerprint density at radius 1 is 1.28 bits per heavy atom. The molecule has 0 saturated heterocycles. The summed E-state index contributed by atoms with van der Waals surface area (Å²) in [5, 5.41) is 9.07. The number of rotatable bonds is 4. The van der Waals surface area contributed by atoms with Crippen LogP contribution in [0.1, 0.15) is 12.7 Å². The lowest BCUT2D eigenvalue weighted by Gasteiger charge is -2.04. The van der Waals surface area contributed by atoms with Crippen LogP contribution >= 0.6 is 11.8 Å². The van der Waals surface area contributed by atoms with E-state index >= 15 is 0 Å². The van der Waals surface area contributed by atoms with Crippen molar-refractivity contribution in [2.24, 2.45) is 7.05 Å². The van der Waals surface area contributed by atoms with Crippen molar-refractivity contribution in [1.29, 1.82) is 0 Å². The molecule has 0 aliphatic rings. The first-order valence-electron chi connectivity index (χ1n) is 5.28. The Morgan fingerprint density at radius 2 is 2.06 bits per heavy atom. The molecule has 96 valence electrons. The van der Waals surface area contributed by atoms with Crippen LogP contribution in [0.2, 0.25) is 0 Å². The fraction of sp³-hybridized carbons (Fsp3) is 0.444. The average Bonchev–Trinajstić information content (AvgIpc) is 2.61. The van der Waals surface area contributed by atoms with Gasteiger partial charge in [0.1, 0.15) is 5.82 Å². The smallest absolute Gasteiger partial charge is 0.322 e. The summed E-state index contributed by atoms with van der Waals surface area (Å²) < 4.78 is 7.04. The first-order valence-corrected chi connectivity index (χ1v) is 6.10. The van der Waals surface area contributed by atoms with Crippen molar-refractivity contribution >= 4 is 17.7 Å². The predicted molar refractivity (Wildman–Crippen MR) is 65.3 cm³/mol. The summed E-state index contributed by atoms with van der Waals surface area (Å²) in [6.45, 7) is 4.18. The fourth-order valence-electron chi connectivity index (χ4n) is 1.15. The second-order valence-electron chi connectivity index (χ2n) is 3.38. The number of nitrogens with two attached hydrogens (primary N) is 1. The van der Waals surface area contributed by atoms with Gasteiger partial charge in [-0.25, -0.2) is 0 Å². The zero-order chi connectivity index (χ0) is 13.1. The van der Waals surface area contributed by atoms with Crippen LogP contribution in [-0.4, -0.2) is 36.3 Å². The zero-order valence-corrected chi connectivity index (χ0v) is 11.1. The minimum atomic E-state index is 0.120. The van der Waals surface area contributed by atoms with Gasteiger partial charge in [-0.15, -0.1) is 10.2 Å². The summed E-state index contributed by atoms with van der Waals surface area (Å²) in [5.74, 6) is 0.930. The minimum Gasteiger partial charge on any atom is -0.464 e. The molecule has 8 nitrogen and oxygen atoms in total. The maximum atomic E-state index is 5.59. The Kier molecular flexibility index (Phi) is 3.60. The van der Waals surface area contributed by atoms with E-state index in [1.54, 1.807) is 0 Å². The third-order valence-corrected chi connectivity index (χ3v) is 3.02. The summed E-state index contributed by atoms with van der Waals surface area (Å²) in [6, 6.07) is 0.214. The van der Waals surface area contributed by atoms with Crippen LogP contribution in [0.25, 0.3) is 0 Å². The quantitative estimate of drug-likeness (QED) is 0.850. The number of hydrogen-bond acceptors (Lipinski definition) is 8. The monoisotopic (exact) mass is 267 g/mol. The molecule has 0 atom stereocenters. The highest BCUT2D eigenvalue weighted by Gasteiger charge is 2.11. The molecule has 0 amide bonds. The molecular formula is C9H13N7OS. The molecule has 0 fully saturated rings. The van der Waals surface area contributed by atoms with Crippen LogP contribution in [0.4, 0.5) is 5.95 Å².